The third-order valence-electron chi connectivity index (χ3n) is 13.9. The number of carboxylic acids is 10. The number of carbonyl (C=O) groups is 10. The summed E-state index contributed by atoms with van der Waals surface area (Å²) in [4.78, 5) is 115. The van der Waals surface area contributed by atoms with Crippen LogP contribution in [-0.4, -0.2) is 189 Å². The van der Waals surface area contributed by atoms with Gasteiger partial charge in [-0.1, -0.05) is 48.5 Å². The summed E-state index contributed by atoms with van der Waals surface area (Å²) >= 11 is 3.48. The first-order valence-corrected chi connectivity index (χ1v) is 30.2. The van der Waals surface area contributed by atoms with Crippen LogP contribution in [0.4, 0.5) is 8.78 Å². The molecule has 8 aromatic rings. The molecule has 4 aromatic carbocycles. The number of thiazole rings is 2. The highest BCUT2D eigenvalue weighted by Gasteiger charge is 2.25. The maximum Gasteiger partial charge on any atom is 0.414 e. The zero-order chi connectivity index (χ0) is 69.6. The number of hydrogen-bond donors (Lipinski definition) is 10. The number of aliphatic carboxylic acids is 10. The molecule has 0 amide bonds. The first kappa shape index (κ1) is 76.0. The lowest BCUT2D eigenvalue weighted by Gasteiger charge is -2.31. The Morgan fingerprint density at radius 2 is 0.691 bits per heavy atom. The fourth-order valence-corrected chi connectivity index (χ4v) is 10.7. The molecule has 0 bridgehead atoms. The number of imidazole rings is 2. The number of halogens is 2. The smallest absolute Gasteiger partial charge is 0.414 e. The predicted molar refractivity (Wildman–Crippen MR) is 334 cm³/mol. The highest BCUT2D eigenvalue weighted by molar-refractivity contribution is 7.09. The van der Waals surface area contributed by atoms with Crippen LogP contribution in [0.3, 0.4) is 0 Å². The topological polar surface area (TPSA) is 441 Å². The summed E-state index contributed by atoms with van der Waals surface area (Å²) in [6.07, 6.45) is 8.90. The minimum Gasteiger partial charge on any atom is -0.473 e. The average Bonchev–Trinajstić information content (AvgIpc) is 1.66. The van der Waals surface area contributed by atoms with Gasteiger partial charge in [0.05, 0.1) is 43.5 Å². The molecule has 4 aromatic heterocycles. The Morgan fingerprint density at radius 1 is 0.415 bits per heavy atom. The fourth-order valence-electron chi connectivity index (χ4n) is 9.40. The highest BCUT2D eigenvalue weighted by Crippen LogP contribution is 2.28. The molecule has 0 unspecified atom stereocenters. The van der Waals surface area contributed by atoms with Crippen LogP contribution in [0.15, 0.2) is 108 Å². The average molecular weight is 1350 g/mol. The second-order valence-corrected chi connectivity index (χ2v) is 22.8. The van der Waals surface area contributed by atoms with Crippen molar-refractivity contribution in [2.75, 3.05) is 39.3 Å². The molecule has 10 rings (SSSR count). The van der Waals surface area contributed by atoms with Gasteiger partial charge in [0.25, 0.3) is 0 Å². The lowest BCUT2D eigenvalue weighted by Crippen LogP contribution is -2.36. The molecule has 94 heavy (non-hydrogen) atoms. The van der Waals surface area contributed by atoms with E-state index in [0.717, 1.165) is 133 Å². The van der Waals surface area contributed by atoms with Crippen molar-refractivity contribution in [1.29, 1.82) is 0 Å². The molecule has 6 heterocycles. The van der Waals surface area contributed by atoms with E-state index in [1.54, 1.807) is 22.7 Å². The lowest BCUT2D eigenvalue weighted by molar-refractivity contribution is -0.159. The van der Waals surface area contributed by atoms with Crippen molar-refractivity contribution in [2.24, 2.45) is 11.8 Å². The molecule has 0 saturated carbocycles. The standard InChI is InChI=1S/2C26H29FN4S.5C2H2O4/c2*1-19-28-23(18-32-19)12-15-30-13-10-20(11-14-30)16-26-29-24-4-2-3-5-25(24)31(26)17-21-6-8-22(27)9-7-21;5*3-1(4)2(5)6/h2*2-9,18,20H,10-17H2,1H3;5*(H,3,4)(H,5,6). The van der Waals surface area contributed by atoms with Crippen molar-refractivity contribution in [3.8, 4) is 0 Å². The molecule has 0 aliphatic carbocycles. The quantitative estimate of drug-likeness (QED) is 0.0503. The van der Waals surface area contributed by atoms with Crippen molar-refractivity contribution >= 4 is 104 Å². The van der Waals surface area contributed by atoms with E-state index in [1.807, 2.05) is 36.4 Å². The van der Waals surface area contributed by atoms with Crippen molar-refractivity contribution in [3.63, 3.8) is 0 Å². The molecule has 0 atom stereocenters. The summed E-state index contributed by atoms with van der Waals surface area (Å²) in [7, 11) is 0. The first-order valence-electron chi connectivity index (χ1n) is 28.4. The van der Waals surface area contributed by atoms with Crippen LogP contribution in [0.1, 0.15) is 69.9 Å². The Kier molecular flexibility index (Phi) is 31.1. The molecule has 0 radical (unpaired) electrons. The highest BCUT2D eigenvalue weighted by atomic mass is 32.1. The number of para-hydroxylation sites is 4. The summed E-state index contributed by atoms with van der Waals surface area (Å²) in [6.45, 7) is 12.4. The van der Waals surface area contributed by atoms with Gasteiger partial charge in [-0.25, -0.2) is 76.7 Å². The number of piperidine rings is 2. The Labute approximate surface area is 541 Å². The van der Waals surface area contributed by atoms with Crippen LogP contribution in [-0.2, 0) is 86.7 Å². The Morgan fingerprint density at radius 3 is 0.947 bits per heavy atom. The molecule has 0 spiro atoms. The largest absolute Gasteiger partial charge is 0.473 e. The van der Waals surface area contributed by atoms with Crippen LogP contribution >= 0.6 is 22.7 Å². The summed E-state index contributed by atoms with van der Waals surface area (Å²) < 4.78 is 31.4. The summed E-state index contributed by atoms with van der Waals surface area (Å²) in [5.74, 6) is -15.0. The molecule has 10 N–H and O–H groups in total. The molecule has 2 fully saturated rings. The van der Waals surface area contributed by atoms with E-state index < -0.39 is 59.7 Å². The minimum absolute atomic E-state index is 0.193. The van der Waals surface area contributed by atoms with Gasteiger partial charge in [-0.05, 0) is 137 Å². The van der Waals surface area contributed by atoms with E-state index in [4.69, 9.17) is 109 Å². The summed E-state index contributed by atoms with van der Waals surface area (Å²) in [5.41, 5.74) is 9.05. The van der Waals surface area contributed by atoms with Gasteiger partial charge in [0.2, 0.25) is 0 Å². The van der Waals surface area contributed by atoms with Gasteiger partial charge in [-0.15, -0.1) is 22.7 Å². The third kappa shape index (κ3) is 27.2. The molecule has 2 saturated heterocycles. The van der Waals surface area contributed by atoms with Crippen LogP contribution < -0.4 is 0 Å². The lowest BCUT2D eigenvalue weighted by atomic mass is 9.93. The zero-order valence-corrected chi connectivity index (χ0v) is 52.2. The number of likely N-dealkylation sites (tertiary alicyclic amines) is 2. The second kappa shape index (κ2) is 38.4. The normalized spacial score (nSPS) is 12.9. The van der Waals surface area contributed by atoms with Gasteiger partial charge in [0.15, 0.2) is 0 Å². The second-order valence-electron chi connectivity index (χ2n) is 20.7. The van der Waals surface area contributed by atoms with Crippen LogP contribution in [0.5, 0.6) is 0 Å². The third-order valence-corrected chi connectivity index (χ3v) is 15.6. The van der Waals surface area contributed by atoms with E-state index in [0.29, 0.717) is 11.8 Å². The number of rotatable bonds is 14. The van der Waals surface area contributed by atoms with Crippen molar-refractivity contribution in [1.82, 2.24) is 38.9 Å². The van der Waals surface area contributed by atoms with Gasteiger partial charge >= 0.3 is 59.7 Å². The first-order chi connectivity index (χ1) is 44.5. The number of aryl methyl sites for hydroxylation is 2. The number of fused-ring (bicyclic) bond motifs is 2. The maximum absolute atomic E-state index is 13.4. The number of hydrogen-bond acceptors (Lipinski definition) is 18. The van der Waals surface area contributed by atoms with Gasteiger partial charge in [0.1, 0.15) is 23.3 Å². The molecule has 2 aliphatic rings. The van der Waals surface area contributed by atoms with E-state index in [9.17, 15) is 8.78 Å². The van der Waals surface area contributed by atoms with Gasteiger partial charge in [-0.2, -0.15) is 0 Å². The van der Waals surface area contributed by atoms with Crippen molar-refractivity contribution in [3.05, 3.63) is 164 Å². The number of benzene rings is 4. The zero-order valence-electron chi connectivity index (χ0n) is 50.6. The summed E-state index contributed by atoms with van der Waals surface area (Å²) in [5, 5.41) is 80.6. The molecular formula is C62H68F2N8O20S2. The fraction of sp³-hybridized carbons (Fsp3) is 0.323. The molecule has 28 nitrogen and oxygen atoms in total. The maximum atomic E-state index is 13.4. The molecular weight excluding hydrogens is 1280 g/mol. The van der Waals surface area contributed by atoms with Crippen molar-refractivity contribution < 1.29 is 108 Å². The monoisotopic (exact) mass is 1350 g/mol. The molecule has 2 aliphatic heterocycles. The van der Waals surface area contributed by atoms with Gasteiger partial charge in [-0.3, -0.25) is 0 Å². The summed E-state index contributed by atoms with van der Waals surface area (Å²) in [6, 6.07) is 30.3. The molecule has 502 valence electrons. The Balaban J connectivity index is 0.000000280. The Bertz CT molecular complexity index is 3470. The number of nitrogens with zero attached hydrogens (tertiary/aromatic N) is 8. The minimum atomic E-state index is -1.82. The van der Waals surface area contributed by atoms with Gasteiger partial charge < -0.3 is 70.0 Å². The SMILES string of the molecule is Cc1nc(CCN2CCC(Cc3nc4ccccc4n3Cc3ccc(F)cc3)CC2)cs1.Cc1nc(CCN2CCC(Cc3nc4ccccc4n3Cc3ccc(F)cc3)CC2)cs1.O=C(O)C(=O)O.O=C(O)C(=O)O.O=C(O)C(=O)O.O=C(O)C(=O)O.O=C(O)C(=O)O. The molecule has 32 heteroatoms. The van der Waals surface area contributed by atoms with Crippen LogP contribution in [0.25, 0.3) is 22.1 Å². The number of aromatic nitrogens is 6. The van der Waals surface area contributed by atoms with E-state index >= 15 is 0 Å². The van der Waals surface area contributed by atoms with Gasteiger partial charge in [0, 0.05) is 62.6 Å². The number of carboxylic acid groups (broad SMARTS) is 10. The van der Waals surface area contributed by atoms with E-state index in [-0.39, 0.29) is 11.6 Å². The van der Waals surface area contributed by atoms with Crippen molar-refractivity contribution in [2.45, 2.75) is 78.3 Å². The van der Waals surface area contributed by atoms with E-state index in [2.05, 4.69) is 89.9 Å². The van der Waals surface area contributed by atoms with E-state index in [1.165, 1.54) is 61.3 Å². The predicted octanol–water partition coefficient (Wildman–Crippen LogP) is 6.75. The van der Waals surface area contributed by atoms with Crippen LogP contribution in [0, 0.1) is 37.3 Å². The van der Waals surface area contributed by atoms with Crippen LogP contribution in [0.2, 0.25) is 0 Å². The Hall–Kier alpha value is -10.4.